The molecule has 33 heavy (non-hydrogen) atoms. The first-order valence-electron chi connectivity index (χ1n) is 10.2. The summed E-state index contributed by atoms with van der Waals surface area (Å²) in [4.78, 5) is 22.2. The van der Waals surface area contributed by atoms with Crippen LogP contribution in [0.3, 0.4) is 0 Å². The van der Waals surface area contributed by atoms with Gasteiger partial charge in [0.25, 0.3) is 0 Å². The summed E-state index contributed by atoms with van der Waals surface area (Å²) < 4.78 is 21.8. The number of aromatic nitrogens is 3. The van der Waals surface area contributed by atoms with Gasteiger partial charge in [0.15, 0.2) is 11.6 Å². The quantitative estimate of drug-likeness (QED) is 0.562. The lowest BCUT2D eigenvalue weighted by Crippen LogP contribution is -2.30. The fraction of sp³-hybridized carbons (Fsp3) is 0.261. The molecule has 1 aromatic carbocycles. The van der Waals surface area contributed by atoms with Gasteiger partial charge >= 0.3 is 0 Å². The average molecular weight is 447 g/mol. The molecule has 0 radical (unpaired) electrons. The number of rotatable bonds is 0. The van der Waals surface area contributed by atoms with Crippen molar-refractivity contribution in [3.8, 4) is 22.9 Å². The highest BCUT2D eigenvalue weighted by molar-refractivity contribution is 6.05. The number of carbonyl (C=O) groups excluding carboxylic acids is 1. The Balaban J connectivity index is 2.03. The molecule has 1 amide bonds. The first-order chi connectivity index (χ1) is 15.7. The molecular formula is C23H22FN7O2. The van der Waals surface area contributed by atoms with Gasteiger partial charge in [0.1, 0.15) is 29.5 Å². The van der Waals surface area contributed by atoms with Crippen LogP contribution in [0.25, 0.3) is 11.1 Å². The molecule has 0 unspecified atom stereocenters. The largest absolute Gasteiger partial charge is 0.482 e. The molecule has 2 N–H and O–H groups in total. The van der Waals surface area contributed by atoms with Crippen LogP contribution < -0.4 is 10.5 Å². The van der Waals surface area contributed by atoms with E-state index in [0.29, 0.717) is 39.5 Å². The topological polar surface area (TPSA) is 122 Å². The average Bonchev–Trinajstić information content (AvgIpc) is 3.07. The van der Waals surface area contributed by atoms with E-state index in [0.717, 1.165) is 0 Å². The Morgan fingerprint density at radius 3 is 2.82 bits per heavy atom. The lowest BCUT2D eigenvalue weighted by Gasteiger charge is -2.26. The number of aliphatic imine (C=N–C) groups is 1. The Hall–Kier alpha value is -4.26. The maximum Gasteiger partial charge on any atom is 0.244 e. The summed E-state index contributed by atoms with van der Waals surface area (Å²) in [7, 11) is 3.43. The van der Waals surface area contributed by atoms with E-state index >= 15 is 0 Å². The Morgan fingerprint density at radius 1 is 1.36 bits per heavy atom. The first-order valence-corrected chi connectivity index (χ1v) is 10.2. The molecule has 0 saturated heterocycles. The van der Waals surface area contributed by atoms with E-state index in [9.17, 15) is 14.4 Å². The molecule has 2 bridgehead atoms. The zero-order chi connectivity index (χ0) is 23.9. The molecule has 3 aromatic rings. The molecule has 0 spiro atoms. The maximum atomic E-state index is 14.2. The number of nitrogens with zero attached hydrogens (tertiary/aromatic N) is 6. The minimum absolute atomic E-state index is 0.152. The molecule has 0 saturated carbocycles. The van der Waals surface area contributed by atoms with Crippen LogP contribution in [0.4, 0.5) is 10.2 Å². The van der Waals surface area contributed by atoms with Crippen molar-refractivity contribution in [3.63, 3.8) is 0 Å². The number of amidine groups is 1. The number of ether oxygens (including phenoxy) is 1. The van der Waals surface area contributed by atoms with E-state index < -0.39 is 17.8 Å². The molecule has 0 aliphatic carbocycles. The molecule has 1 atom stereocenters. The first kappa shape index (κ1) is 22.0. The number of halogens is 1. The highest BCUT2D eigenvalue weighted by Crippen LogP contribution is 2.35. The number of benzene rings is 1. The fourth-order valence-corrected chi connectivity index (χ4v) is 3.94. The minimum Gasteiger partial charge on any atom is -0.482 e. The second kappa shape index (κ2) is 8.35. The van der Waals surface area contributed by atoms with Gasteiger partial charge in [-0.1, -0.05) is 0 Å². The van der Waals surface area contributed by atoms with Crippen LogP contribution in [0, 0.1) is 17.1 Å². The van der Waals surface area contributed by atoms with Crippen LogP contribution in [0.2, 0.25) is 0 Å². The SMILES string of the molecule is CC(=O)N=C1c2ccc(F)cc2[C@@H](C)Oc2cc(cnc2N)-c2c(nn(C)c2C#N)CN1C. The molecule has 1 aliphatic heterocycles. The van der Waals surface area contributed by atoms with Gasteiger partial charge in [0.05, 0.1) is 12.2 Å². The van der Waals surface area contributed by atoms with Gasteiger partial charge in [-0.15, -0.1) is 0 Å². The molecule has 2 aromatic heterocycles. The summed E-state index contributed by atoms with van der Waals surface area (Å²) in [6.07, 6.45) is 0.905. The second-order valence-corrected chi connectivity index (χ2v) is 7.82. The van der Waals surface area contributed by atoms with Crippen molar-refractivity contribution in [2.45, 2.75) is 26.5 Å². The van der Waals surface area contributed by atoms with E-state index in [1.807, 2.05) is 0 Å². The number of hydrogen-bond acceptors (Lipinski definition) is 6. The van der Waals surface area contributed by atoms with Crippen LogP contribution in [0.1, 0.15) is 42.5 Å². The van der Waals surface area contributed by atoms with Crippen LogP contribution in [-0.4, -0.2) is 38.5 Å². The van der Waals surface area contributed by atoms with Crippen molar-refractivity contribution < 1.29 is 13.9 Å². The van der Waals surface area contributed by atoms with Gasteiger partial charge in [0, 0.05) is 49.5 Å². The van der Waals surface area contributed by atoms with Crippen LogP contribution in [0.15, 0.2) is 35.5 Å². The summed E-state index contributed by atoms with van der Waals surface area (Å²) >= 11 is 0. The smallest absolute Gasteiger partial charge is 0.244 e. The minimum atomic E-state index is -0.649. The Kier molecular flexibility index (Phi) is 5.55. The molecular weight excluding hydrogens is 425 g/mol. The maximum absolute atomic E-state index is 14.2. The number of hydrogen-bond donors (Lipinski definition) is 1. The molecule has 10 heteroatoms. The monoisotopic (exact) mass is 447 g/mol. The van der Waals surface area contributed by atoms with Crippen molar-refractivity contribution in [1.82, 2.24) is 19.7 Å². The van der Waals surface area contributed by atoms with Crippen molar-refractivity contribution in [2.24, 2.45) is 12.0 Å². The zero-order valence-corrected chi connectivity index (χ0v) is 18.6. The number of amides is 1. The highest BCUT2D eigenvalue weighted by atomic mass is 19.1. The summed E-state index contributed by atoms with van der Waals surface area (Å²) in [5.41, 5.74) is 9.18. The zero-order valence-electron chi connectivity index (χ0n) is 18.6. The van der Waals surface area contributed by atoms with E-state index in [-0.39, 0.29) is 18.1 Å². The number of nitrogens with two attached hydrogens (primary N) is 1. The second-order valence-electron chi connectivity index (χ2n) is 7.82. The highest BCUT2D eigenvalue weighted by Gasteiger charge is 2.26. The molecule has 3 heterocycles. The summed E-state index contributed by atoms with van der Waals surface area (Å²) in [6.45, 7) is 3.32. The molecule has 4 rings (SSSR count). The van der Waals surface area contributed by atoms with Crippen molar-refractivity contribution in [1.29, 1.82) is 5.26 Å². The van der Waals surface area contributed by atoms with Gasteiger partial charge in [-0.25, -0.2) is 9.37 Å². The van der Waals surface area contributed by atoms with Gasteiger partial charge < -0.3 is 15.4 Å². The van der Waals surface area contributed by atoms with Crippen molar-refractivity contribution in [2.75, 3.05) is 12.8 Å². The standard InChI is InChI=1S/C23H22FN7O2/c1-12-17-8-15(24)5-6-16(17)23(28-13(2)32)30(3)11-18-21(19(9-25)31(4)29-18)14-7-20(33-12)22(26)27-10-14/h5-8,10,12H,11H2,1-4H3,(H2,26,27)/t12-/m1/s1. The van der Waals surface area contributed by atoms with Crippen molar-refractivity contribution in [3.05, 3.63) is 58.8 Å². The number of anilines is 1. The van der Waals surface area contributed by atoms with E-state index in [2.05, 4.69) is 21.1 Å². The number of aryl methyl sites for hydroxylation is 1. The summed E-state index contributed by atoms with van der Waals surface area (Å²) in [5, 5.41) is 14.3. The van der Waals surface area contributed by atoms with Gasteiger partial charge in [-0.2, -0.15) is 15.4 Å². The number of nitriles is 1. The molecule has 0 fully saturated rings. The number of pyridine rings is 1. The summed E-state index contributed by atoms with van der Waals surface area (Å²) in [6, 6.07) is 8.10. The van der Waals surface area contributed by atoms with Crippen LogP contribution >= 0.6 is 0 Å². The Morgan fingerprint density at radius 2 is 2.12 bits per heavy atom. The van der Waals surface area contributed by atoms with Crippen LogP contribution in [0.5, 0.6) is 5.75 Å². The molecule has 168 valence electrons. The molecule has 9 nitrogen and oxygen atoms in total. The lowest BCUT2D eigenvalue weighted by atomic mass is 9.99. The third-order valence-electron chi connectivity index (χ3n) is 5.40. The van der Waals surface area contributed by atoms with E-state index in [1.54, 1.807) is 44.2 Å². The van der Waals surface area contributed by atoms with Crippen LogP contribution in [-0.2, 0) is 18.4 Å². The number of fused-ring (bicyclic) bond motifs is 5. The molecule has 1 aliphatic rings. The van der Waals surface area contributed by atoms with Crippen molar-refractivity contribution >= 4 is 17.6 Å². The predicted molar refractivity (Wildman–Crippen MR) is 120 cm³/mol. The Bertz CT molecular complexity index is 1340. The normalized spacial score (nSPS) is 16.7. The van der Waals surface area contributed by atoms with Gasteiger partial charge in [-0.05, 0) is 31.2 Å². The third-order valence-corrected chi connectivity index (χ3v) is 5.40. The number of carbonyl (C=O) groups is 1. The van der Waals surface area contributed by atoms with E-state index in [4.69, 9.17) is 10.5 Å². The predicted octanol–water partition coefficient (Wildman–Crippen LogP) is 2.95. The van der Waals surface area contributed by atoms with Gasteiger partial charge in [0.2, 0.25) is 5.91 Å². The summed E-state index contributed by atoms with van der Waals surface area (Å²) in [5.74, 6) is -0.0948. The Labute approximate surface area is 189 Å². The number of nitrogen functional groups attached to an aromatic ring is 1. The van der Waals surface area contributed by atoms with E-state index in [1.165, 1.54) is 23.7 Å². The van der Waals surface area contributed by atoms with Gasteiger partial charge in [-0.3, -0.25) is 9.48 Å². The third kappa shape index (κ3) is 4.01. The lowest BCUT2D eigenvalue weighted by molar-refractivity contribution is -0.115. The fourth-order valence-electron chi connectivity index (χ4n) is 3.94.